The van der Waals surface area contributed by atoms with E-state index in [2.05, 4.69) is 25.4 Å². The normalized spacial score (nSPS) is 16.7. The zero-order chi connectivity index (χ0) is 28.3. The summed E-state index contributed by atoms with van der Waals surface area (Å²) in [6.07, 6.45) is 3.31. The highest BCUT2D eigenvalue weighted by Crippen LogP contribution is 2.33. The number of halogens is 1. The van der Waals surface area contributed by atoms with Gasteiger partial charge in [-0.3, -0.25) is 9.88 Å². The Morgan fingerprint density at radius 2 is 2.00 bits per heavy atom. The molecule has 5 aromatic rings. The monoisotopic (exact) mass is 557 g/mol. The number of ether oxygens (including phenoxy) is 2. The second-order valence-corrected chi connectivity index (χ2v) is 9.85. The summed E-state index contributed by atoms with van der Waals surface area (Å²) >= 11 is 0. The lowest BCUT2D eigenvalue weighted by Crippen LogP contribution is -2.22. The minimum Gasteiger partial charge on any atom is -0.447 e. The van der Waals surface area contributed by atoms with Gasteiger partial charge in [-0.2, -0.15) is 0 Å². The van der Waals surface area contributed by atoms with Crippen molar-refractivity contribution in [1.29, 1.82) is 0 Å². The van der Waals surface area contributed by atoms with Gasteiger partial charge in [0.05, 0.1) is 12.4 Å². The zero-order valence-electron chi connectivity index (χ0n) is 22.5. The predicted molar refractivity (Wildman–Crippen MR) is 149 cm³/mol. The van der Waals surface area contributed by atoms with Crippen LogP contribution < -0.4 is 10.2 Å². The third-order valence-corrected chi connectivity index (χ3v) is 6.94. The second-order valence-electron chi connectivity index (χ2n) is 9.85. The highest BCUT2D eigenvalue weighted by molar-refractivity contribution is 5.91. The van der Waals surface area contributed by atoms with E-state index in [-0.39, 0.29) is 24.8 Å². The quantitative estimate of drug-likeness (QED) is 0.264. The first kappa shape index (κ1) is 26.4. The van der Waals surface area contributed by atoms with Crippen molar-refractivity contribution in [3.8, 4) is 11.3 Å². The van der Waals surface area contributed by atoms with E-state index in [1.54, 1.807) is 19.3 Å². The highest BCUT2D eigenvalue weighted by Gasteiger charge is 2.30. The number of carbonyl (C=O) groups is 1. The van der Waals surface area contributed by atoms with Crippen LogP contribution in [0.1, 0.15) is 30.4 Å². The van der Waals surface area contributed by atoms with Crippen LogP contribution in [0.2, 0.25) is 0 Å². The number of anilines is 2. The molecule has 4 heterocycles. The summed E-state index contributed by atoms with van der Waals surface area (Å²) in [5.41, 5.74) is 3.89. The molecule has 1 aliphatic heterocycles. The first-order valence-corrected chi connectivity index (χ1v) is 13.2. The number of imidazole rings is 1. The number of aromatic nitrogens is 5. The largest absolute Gasteiger partial charge is 0.447 e. The van der Waals surface area contributed by atoms with E-state index in [0.29, 0.717) is 53.5 Å². The number of amides is 1. The lowest BCUT2D eigenvalue weighted by molar-refractivity contribution is -0.0230. The van der Waals surface area contributed by atoms with Crippen LogP contribution in [0.3, 0.4) is 0 Å². The van der Waals surface area contributed by atoms with Crippen molar-refractivity contribution >= 4 is 28.8 Å². The third-order valence-electron chi connectivity index (χ3n) is 6.94. The Labute approximate surface area is 234 Å². The molecule has 0 aliphatic carbocycles. The van der Waals surface area contributed by atoms with Crippen LogP contribution in [-0.4, -0.2) is 50.5 Å². The molecule has 2 atom stereocenters. The molecule has 1 aliphatic rings. The fourth-order valence-corrected chi connectivity index (χ4v) is 4.95. The van der Waals surface area contributed by atoms with Crippen molar-refractivity contribution in [2.75, 3.05) is 23.9 Å². The van der Waals surface area contributed by atoms with Crippen LogP contribution in [0, 0.1) is 12.7 Å². The maximum atomic E-state index is 13.6. The molecule has 1 fully saturated rings. The molecule has 0 saturated carbocycles. The van der Waals surface area contributed by atoms with Gasteiger partial charge in [0.25, 0.3) is 0 Å². The number of rotatable bonds is 8. The molecule has 0 spiro atoms. The van der Waals surface area contributed by atoms with Gasteiger partial charge in [-0.15, -0.1) is 0 Å². The van der Waals surface area contributed by atoms with Crippen molar-refractivity contribution in [2.45, 2.75) is 38.6 Å². The summed E-state index contributed by atoms with van der Waals surface area (Å²) in [5, 5.41) is 6.82. The first-order valence-electron chi connectivity index (χ1n) is 13.2. The number of benzene rings is 2. The molecule has 210 valence electrons. The van der Waals surface area contributed by atoms with Crippen LogP contribution in [0.5, 0.6) is 0 Å². The van der Waals surface area contributed by atoms with E-state index in [9.17, 15) is 9.18 Å². The number of aryl methyl sites for hydroxylation is 1. The summed E-state index contributed by atoms with van der Waals surface area (Å²) in [7, 11) is 1.88. The van der Waals surface area contributed by atoms with E-state index in [1.807, 2.05) is 52.9 Å². The second kappa shape index (κ2) is 11.3. The topological polar surface area (TPSA) is 120 Å². The van der Waals surface area contributed by atoms with E-state index < -0.39 is 6.09 Å². The fraction of sp³-hybridized carbons (Fsp3) is 0.276. The molecular weight excluding hydrogens is 529 g/mol. The Morgan fingerprint density at radius 1 is 1.15 bits per heavy atom. The maximum absolute atomic E-state index is 13.6. The van der Waals surface area contributed by atoms with E-state index >= 15 is 0 Å². The molecular formula is C29H28FN7O4. The average Bonchev–Trinajstić information content (AvgIpc) is 3.71. The average molecular weight is 558 g/mol. The molecule has 12 heteroatoms. The Hall–Kier alpha value is -4.84. The van der Waals surface area contributed by atoms with Crippen molar-refractivity contribution in [2.24, 2.45) is 0 Å². The van der Waals surface area contributed by atoms with Gasteiger partial charge in [-0.25, -0.2) is 24.1 Å². The van der Waals surface area contributed by atoms with Crippen molar-refractivity contribution in [3.05, 3.63) is 84.4 Å². The van der Waals surface area contributed by atoms with Crippen LogP contribution in [0.4, 0.5) is 20.7 Å². The predicted octanol–water partition coefficient (Wildman–Crippen LogP) is 5.49. The summed E-state index contributed by atoms with van der Waals surface area (Å²) < 4.78 is 32.5. The zero-order valence-corrected chi connectivity index (χ0v) is 22.5. The molecule has 6 rings (SSSR count). The lowest BCUT2D eigenvalue weighted by atomic mass is 10.1. The van der Waals surface area contributed by atoms with Gasteiger partial charge < -0.3 is 18.9 Å². The van der Waals surface area contributed by atoms with Gasteiger partial charge in [0, 0.05) is 19.2 Å². The van der Waals surface area contributed by atoms with Crippen LogP contribution in [-0.2, 0) is 16.0 Å². The minimum atomic E-state index is -0.618. The Morgan fingerprint density at radius 3 is 2.83 bits per heavy atom. The number of fused-ring (bicyclic) bond motifs is 1. The van der Waals surface area contributed by atoms with Gasteiger partial charge in [-0.05, 0) is 37.5 Å². The van der Waals surface area contributed by atoms with E-state index in [0.717, 1.165) is 11.1 Å². The fourth-order valence-electron chi connectivity index (χ4n) is 4.95. The standard InChI is InChI=1S/C29H28FN7O4/c1-18-24(25(35-41-18)20-8-4-3-5-9-20)34-29(38)39-15-22-11-12-23(40-22)37-17-33-26-27(31-16-32-28(26)37)36(2)14-19-7-6-10-21(30)13-19/h3-10,13,16-17,22-23H,11-12,14-15H2,1-2H3,(H,34,38)/t22-,23+/m0/s1. The number of nitrogens with one attached hydrogen (secondary N) is 1. The number of hydrogen-bond donors (Lipinski definition) is 1. The molecule has 0 radical (unpaired) electrons. The van der Waals surface area contributed by atoms with Crippen LogP contribution in [0.25, 0.3) is 22.4 Å². The summed E-state index contributed by atoms with van der Waals surface area (Å²) in [6, 6.07) is 15.9. The molecule has 1 N–H and O–H groups in total. The Balaban J connectivity index is 1.08. The van der Waals surface area contributed by atoms with Gasteiger partial charge in [0.15, 0.2) is 22.7 Å². The molecule has 1 amide bonds. The van der Waals surface area contributed by atoms with Crippen molar-refractivity contribution in [1.82, 2.24) is 24.7 Å². The molecule has 1 saturated heterocycles. The minimum absolute atomic E-state index is 0.0799. The van der Waals surface area contributed by atoms with E-state index in [4.69, 9.17) is 14.0 Å². The maximum Gasteiger partial charge on any atom is 0.411 e. The summed E-state index contributed by atoms with van der Waals surface area (Å²) in [5.74, 6) is 0.826. The smallest absolute Gasteiger partial charge is 0.411 e. The third kappa shape index (κ3) is 5.59. The lowest BCUT2D eigenvalue weighted by Gasteiger charge is -2.19. The molecule has 3 aromatic heterocycles. The number of hydrogen-bond acceptors (Lipinski definition) is 9. The molecule has 0 bridgehead atoms. The Bertz CT molecular complexity index is 1670. The highest BCUT2D eigenvalue weighted by atomic mass is 19.1. The van der Waals surface area contributed by atoms with Crippen LogP contribution >= 0.6 is 0 Å². The van der Waals surface area contributed by atoms with Gasteiger partial charge in [-0.1, -0.05) is 47.6 Å². The van der Waals surface area contributed by atoms with Crippen molar-refractivity contribution < 1.29 is 23.2 Å². The molecule has 41 heavy (non-hydrogen) atoms. The van der Waals surface area contributed by atoms with Crippen LogP contribution in [0.15, 0.2) is 71.8 Å². The van der Waals surface area contributed by atoms with Gasteiger partial charge in [0.2, 0.25) is 0 Å². The van der Waals surface area contributed by atoms with Gasteiger partial charge >= 0.3 is 6.09 Å². The number of nitrogens with zero attached hydrogens (tertiary/aromatic N) is 6. The van der Waals surface area contributed by atoms with Crippen molar-refractivity contribution in [3.63, 3.8) is 0 Å². The SMILES string of the molecule is Cc1onc(-c2ccccc2)c1NC(=O)OC[C@@H]1CC[C@H](n2cnc3c(N(C)Cc4cccc(F)c4)ncnc32)O1. The summed E-state index contributed by atoms with van der Waals surface area (Å²) in [4.78, 5) is 27.9. The molecule has 11 nitrogen and oxygen atoms in total. The molecule has 2 aromatic carbocycles. The first-order chi connectivity index (χ1) is 20.0. The van der Waals surface area contributed by atoms with E-state index in [1.165, 1.54) is 18.5 Å². The summed E-state index contributed by atoms with van der Waals surface area (Å²) in [6.45, 7) is 2.26. The molecule has 0 unspecified atom stereocenters. The van der Waals surface area contributed by atoms with Gasteiger partial charge in [0.1, 0.15) is 36.4 Å². The number of carbonyl (C=O) groups excluding carboxylic acids is 1. The Kier molecular flexibility index (Phi) is 7.30.